The highest BCUT2D eigenvalue weighted by atomic mass is 28.2. The Kier molecular flexibility index (Phi) is 1.56. The lowest BCUT2D eigenvalue weighted by Crippen LogP contribution is -1.90. The summed E-state index contributed by atoms with van der Waals surface area (Å²) in [5.74, 6) is 0. The minimum atomic E-state index is 1.83. The maximum Gasteiger partial charge on any atom is 0.622 e. The minimum absolute atomic E-state index is 1.83. The van der Waals surface area contributed by atoms with Gasteiger partial charge >= 0.3 is 10.5 Å². The second-order valence-electron chi connectivity index (χ2n) is 0.816. The smallest absolute Gasteiger partial charge is 0.516 e. The fraction of sp³-hybridized carbons (Fsp3) is 1.00. The summed E-state index contributed by atoms with van der Waals surface area (Å²) in [5.41, 5.74) is 0. The molecular formula is C2H6OSi+. The molecule has 0 rings (SSSR count). The van der Waals surface area contributed by atoms with Gasteiger partial charge in [-0.2, -0.15) is 0 Å². The van der Waals surface area contributed by atoms with Crippen molar-refractivity contribution in [2.45, 2.75) is 0 Å². The van der Waals surface area contributed by atoms with Crippen molar-refractivity contribution in [2.24, 2.45) is 0 Å². The third kappa shape index (κ3) is 96.4. The summed E-state index contributed by atoms with van der Waals surface area (Å²) in [4.78, 5) is 0. The lowest BCUT2D eigenvalue weighted by molar-refractivity contribution is 0.142. The van der Waals surface area contributed by atoms with Crippen LogP contribution >= 0.6 is 0 Å². The molecule has 0 aromatic carbocycles. The first-order valence-corrected chi connectivity index (χ1v) is 1.43. The van der Waals surface area contributed by atoms with E-state index in [4.69, 9.17) is 0 Å². The number of hydrogen-bond acceptors (Lipinski definition) is 0. The van der Waals surface area contributed by atoms with Crippen LogP contribution in [0.15, 0.2) is 0 Å². The first-order chi connectivity index (χ1) is 1.73. The van der Waals surface area contributed by atoms with Gasteiger partial charge in [0.2, 0.25) is 0 Å². The molecule has 0 fully saturated rings. The topological polar surface area (TPSA) is 2.70 Å². The van der Waals surface area contributed by atoms with Crippen molar-refractivity contribution in [1.82, 2.24) is 0 Å². The van der Waals surface area contributed by atoms with Crippen molar-refractivity contribution in [3.05, 3.63) is 0 Å². The Morgan fingerprint density at radius 3 is 1.50 bits per heavy atom. The summed E-state index contributed by atoms with van der Waals surface area (Å²) in [5, 5.41) is 0. The van der Waals surface area contributed by atoms with E-state index in [0.29, 0.717) is 0 Å². The zero-order chi connectivity index (χ0) is 3.58. The molecule has 0 saturated heterocycles. The Morgan fingerprint density at radius 1 is 1.50 bits per heavy atom. The van der Waals surface area contributed by atoms with Gasteiger partial charge in [-0.25, -0.2) is 0 Å². The maximum atomic E-state index is 3.06. The predicted octanol–water partition coefficient (Wildman–Crippen LogP) is -0.118. The van der Waals surface area contributed by atoms with Gasteiger partial charge in [0.25, 0.3) is 0 Å². The van der Waals surface area contributed by atoms with Crippen LogP contribution < -0.4 is 0 Å². The van der Waals surface area contributed by atoms with Gasteiger partial charge in [0.05, 0.1) is 0 Å². The molecule has 0 aliphatic heterocycles. The summed E-state index contributed by atoms with van der Waals surface area (Å²) >= 11 is 0. The lowest BCUT2D eigenvalue weighted by Gasteiger charge is -1.90. The normalized spacial score (nSPS) is 9.00. The second kappa shape index (κ2) is 1.49. The minimum Gasteiger partial charge on any atom is -0.516 e. The van der Waals surface area contributed by atoms with Crippen molar-refractivity contribution in [1.29, 1.82) is 0 Å². The summed E-state index contributed by atoms with van der Waals surface area (Å²) < 4.78 is 2.39. The van der Waals surface area contributed by atoms with Gasteiger partial charge in [0, 0.05) is 0 Å². The highest BCUT2D eigenvalue weighted by Gasteiger charge is 1.69. The molecule has 0 aliphatic rings. The number of hydrogen-bond donors (Lipinski definition) is 0. The molecule has 0 atom stereocenters. The van der Waals surface area contributed by atoms with E-state index in [2.05, 4.69) is 14.5 Å². The van der Waals surface area contributed by atoms with E-state index in [9.17, 15) is 0 Å². The van der Waals surface area contributed by atoms with Crippen LogP contribution in [-0.4, -0.2) is 24.7 Å². The molecule has 0 saturated carbocycles. The van der Waals surface area contributed by atoms with Crippen molar-refractivity contribution >= 4 is 10.5 Å². The molecule has 2 heteroatoms. The van der Waals surface area contributed by atoms with Gasteiger partial charge in [-0.05, 0) is 0 Å². The molecule has 0 aromatic heterocycles. The van der Waals surface area contributed by atoms with E-state index in [1.165, 1.54) is 0 Å². The Morgan fingerprint density at radius 2 is 1.50 bits per heavy atom. The summed E-state index contributed by atoms with van der Waals surface area (Å²) in [6, 6.07) is 0. The largest absolute Gasteiger partial charge is 0.622 e. The first-order valence-electron chi connectivity index (χ1n) is 1.02. The molecule has 23 valence electrons. The maximum absolute atomic E-state index is 3.06. The van der Waals surface area contributed by atoms with E-state index in [1.807, 2.05) is 14.2 Å². The molecule has 0 aliphatic carbocycles. The molecule has 0 unspecified atom stereocenters. The Hall–Kier alpha value is 0.177. The second-order valence-corrected chi connectivity index (χ2v) is 1.63. The highest BCUT2D eigenvalue weighted by Crippen LogP contribution is 1.57. The Labute approximate surface area is 29.8 Å². The summed E-state index contributed by atoms with van der Waals surface area (Å²) in [6.45, 7) is 0. The predicted molar refractivity (Wildman–Crippen MR) is 18.7 cm³/mol. The number of rotatable bonds is 0. The van der Waals surface area contributed by atoms with Crippen molar-refractivity contribution in [2.75, 3.05) is 14.2 Å². The van der Waals surface area contributed by atoms with Gasteiger partial charge in [-0.3, -0.25) is 0 Å². The summed E-state index contributed by atoms with van der Waals surface area (Å²) in [7, 11) is 6.72. The van der Waals surface area contributed by atoms with Gasteiger partial charge in [-0.15, -0.1) is 0 Å². The first kappa shape index (κ1) is 4.18. The van der Waals surface area contributed by atoms with E-state index in [-0.39, 0.29) is 0 Å². The molecule has 0 bridgehead atoms. The van der Waals surface area contributed by atoms with E-state index in [1.54, 1.807) is 0 Å². The summed E-state index contributed by atoms with van der Waals surface area (Å²) in [6.07, 6.45) is 0. The molecule has 0 heterocycles. The van der Waals surface area contributed by atoms with Crippen LogP contribution in [0.5, 0.6) is 0 Å². The van der Waals surface area contributed by atoms with Crippen molar-refractivity contribution < 1.29 is 4.06 Å². The van der Waals surface area contributed by atoms with Crippen molar-refractivity contribution in [3.63, 3.8) is 0 Å². The molecule has 1 nitrogen and oxygen atoms in total. The lowest BCUT2D eigenvalue weighted by atomic mass is 11.6. The molecule has 0 N–H and O–H groups in total. The van der Waals surface area contributed by atoms with Crippen molar-refractivity contribution in [3.8, 4) is 0 Å². The molecule has 0 amide bonds. The van der Waals surface area contributed by atoms with Gasteiger partial charge in [0.1, 0.15) is 14.2 Å². The van der Waals surface area contributed by atoms with E-state index >= 15 is 0 Å². The monoisotopic (exact) mass is 74.0 g/mol. The standard InChI is InChI=1S/C2H6OSi/c1-3(2)4/h1-2H3/q+1. The zero-order valence-corrected chi connectivity index (χ0v) is 3.91. The van der Waals surface area contributed by atoms with Crippen LogP contribution in [0, 0.1) is 0 Å². The van der Waals surface area contributed by atoms with Crippen LogP contribution in [0.2, 0.25) is 0 Å². The fourth-order valence-corrected chi connectivity index (χ4v) is 0. The Bertz CT molecular complexity index is 10.8. The van der Waals surface area contributed by atoms with Crippen LogP contribution in [0.1, 0.15) is 0 Å². The van der Waals surface area contributed by atoms with Crippen LogP contribution in [0.25, 0.3) is 0 Å². The average Bonchev–Trinajstić information content (AvgIpc) is 0.811. The van der Waals surface area contributed by atoms with Crippen LogP contribution in [-0.2, 0) is 4.06 Å². The fourth-order valence-electron chi connectivity index (χ4n) is 0. The van der Waals surface area contributed by atoms with Crippen LogP contribution in [0.3, 0.4) is 0 Å². The Balaban J connectivity index is 2.32. The van der Waals surface area contributed by atoms with Gasteiger partial charge in [-0.1, -0.05) is 0 Å². The molecule has 4 heavy (non-hydrogen) atoms. The molecule has 0 spiro atoms. The molecule has 3 radical (unpaired) electrons. The van der Waals surface area contributed by atoms with Gasteiger partial charge in [0.15, 0.2) is 0 Å². The average molecular weight is 74.2 g/mol. The highest BCUT2D eigenvalue weighted by molar-refractivity contribution is 5.99. The SMILES string of the molecule is C[O+](C)[Si]. The molecule has 0 aromatic rings. The zero-order valence-electron chi connectivity index (χ0n) is 2.91. The third-order valence-corrected chi connectivity index (χ3v) is 0. The van der Waals surface area contributed by atoms with Crippen LogP contribution in [0.4, 0.5) is 0 Å². The van der Waals surface area contributed by atoms with E-state index in [0.717, 1.165) is 0 Å². The molecular weight excluding hydrogens is 68.1 g/mol. The van der Waals surface area contributed by atoms with Gasteiger partial charge < -0.3 is 4.06 Å². The van der Waals surface area contributed by atoms with E-state index < -0.39 is 0 Å². The quantitative estimate of drug-likeness (QED) is 0.278. The third-order valence-electron chi connectivity index (χ3n) is 0.